The van der Waals surface area contributed by atoms with E-state index in [4.69, 9.17) is 13.9 Å². The Balaban J connectivity index is 0. The smallest absolute Gasteiger partial charge is 0.305 e. The van der Waals surface area contributed by atoms with Crippen molar-refractivity contribution in [1.29, 1.82) is 0 Å². The molecule has 0 aromatic heterocycles. The van der Waals surface area contributed by atoms with E-state index < -0.39 is 8.32 Å². The average molecular weight is 491 g/mol. The van der Waals surface area contributed by atoms with Crippen LogP contribution >= 0.6 is 0 Å². The summed E-state index contributed by atoms with van der Waals surface area (Å²) in [6.45, 7) is 20.2. The first kappa shape index (κ1) is 34.2. The molecule has 2 atom stereocenters. The molecule has 0 saturated heterocycles. The Labute approximate surface area is 205 Å². The summed E-state index contributed by atoms with van der Waals surface area (Å²) >= 11 is 0. The molecule has 0 aliphatic carbocycles. The third kappa shape index (κ3) is 19.1. The molecule has 1 N–H and O–H groups in total. The molecule has 7 heteroatoms. The van der Waals surface area contributed by atoms with Gasteiger partial charge in [-0.2, -0.15) is 0 Å². The van der Waals surface area contributed by atoms with Crippen LogP contribution in [0.15, 0.2) is 0 Å². The number of carbonyl (C=O) groups excluding carboxylic acids is 2. The van der Waals surface area contributed by atoms with Gasteiger partial charge in [-0.05, 0) is 70.5 Å². The third-order valence-electron chi connectivity index (χ3n) is 5.94. The second-order valence-corrected chi connectivity index (χ2v) is 14.9. The Morgan fingerprint density at radius 1 is 0.788 bits per heavy atom. The molecule has 0 saturated carbocycles. The van der Waals surface area contributed by atoms with Crippen LogP contribution in [0.1, 0.15) is 113 Å². The Bertz CT molecular complexity index is 502. The minimum Gasteiger partial charge on any atom is -0.466 e. The zero-order valence-corrected chi connectivity index (χ0v) is 24.1. The Kier molecular flexibility index (Phi) is 20.1. The number of aliphatic hydroxyl groups is 1. The highest BCUT2D eigenvalue weighted by atomic mass is 28.4. The fourth-order valence-electron chi connectivity index (χ4n) is 3.08. The number of hydrogen-bond acceptors (Lipinski definition) is 6. The maximum Gasteiger partial charge on any atom is 0.305 e. The fraction of sp³-hybridized carbons (Fsp3) is 0.923. The van der Waals surface area contributed by atoms with Crippen LogP contribution in [-0.2, 0) is 23.5 Å². The molecule has 0 spiro atoms. The van der Waals surface area contributed by atoms with Gasteiger partial charge in [0.2, 0.25) is 0 Å². The van der Waals surface area contributed by atoms with Gasteiger partial charge in [0.1, 0.15) is 0 Å². The molecular weight excluding hydrogens is 436 g/mol. The first-order valence-electron chi connectivity index (χ1n) is 13.0. The summed E-state index contributed by atoms with van der Waals surface area (Å²) in [6.07, 6.45) is 8.22. The molecule has 198 valence electrons. The molecule has 0 fully saturated rings. The Morgan fingerprint density at radius 3 is 1.64 bits per heavy atom. The molecule has 0 aromatic rings. The lowest BCUT2D eigenvalue weighted by molar-refractivity contribution is -0.144. The summed E-state index contributed by atoms with van der Waals surface area (Å²) in [5, 5.41) is 9.58. The van der Waals surface area contributed by atoms with Gasteiger partial charge in [0.05, 0.1) is 19.3 Å². The highest BCUT2D eigenvalue weighted by Crippen LogP contribution is 2.38. The van der Waals surface area contributed by atoms with E-state index in [1.54, 1.807) is 6.92 Å². The van der Waals surface area contributed by atoms with E-state index >= 15 is 0 Å². The van der Waals surface area contributed by atoms with Crippen LogP contribution < -0.4 is 0 Å². The van der Waals surface area contributed by atoms with Crippen LogP contribution in [0, 0.1) is 0 Å². The molecule has 0 rings (SSSR count). The monoisotopic (exact) mass is 490 g/mol. The molecule has 0 amide bonds. The number of aliphatic hydroxyl groups excluding tert-OH is 1. The van der Waals surface area contributed by atoms with Gasteiger partial charge in [-0.3, -0.25) is 9.59 Å². The standard InChI is InChI=1S/C16H34O3Si.C10H20O3/c1-8-11-14(12-10-13-15(17)18-9-2)19-20(6,7)16(3,4)5;1-3-6-9(11)7-5-8-10(12)13-4-2/h14H,8-13H2,1-7H3;9,11H,3-8H2,1-2H3/t14-;9-/m00/s1. The predicted molar refractivity (Wildman–Crippen MR) is 139 cm³/mol. The Hall–Kier alpha value is -0.923. The number of hydrogen-bond donors (Lipinski definition) is 1. The number of rotatable bonds is 16. The lowest BCUT2D eigenvalue weighted by Gasteiger charge is -2.39. The molecule has 0 heterocycles. The van der Waals surface area contributed by atoms with Gasteiger partial charge < -0.3 is 19.0 Å². The summed E-state index contributed by atoms with van der Waals surface area (Å²) in [5.41, 5.74) is 0. The van der Waals surface area contributed by atoms with Gasteiger partial charge in [0.15, 0.2) is 8.32 Å². The van der Waals surface area contributed by atoms with Crippen LogP contribution in [0.3, 0.4) is 0 Å². The van der Waals surface area contributed by atoms with Gasteiger partial charge >= 0.3 is 11.9 Å². The highest BCUT2D eigenvalue weighted by Gasteiger charge is 2.38. The van der Waals surface area contributed by atoms with E-state index in [1.807, 2.05) is 13.8 Å². The largest absolute Gasteiger partial charge is 0.466 e. The van der Waals surface area contributed by atoms with Crippen molar-refractivity contribution in [3.05, 3.63) is 0 Å². The van der Waals surface area contributed by atoms with E-state index in [9.17, 15) is 14.7 Å². The van der Waals surface area contributed by atoms with Crippen LogP contribution in [0.5, 0.6) is 0 Å². The van der Waals surface area contributed by atoms with Crippen molar-refractivity contribution in [2.45, 2.75) is 143 Å². The molecule has 6 nitrogen and oxygen atoms in total. The molecule has 0 radical (unpaired) electrons. The van der Waals surface area contributed by atoms with E-state index in [1.165, 1.54) is 0 Å². The van der Waals surface area contributed by atoms with E-state index in [0.29, 0.717) is 32.5 Å². The van der Waals surface area contributed by atoms with E-state index in [0.717, 1.165) is 44.9 Å². The molecular formula is C26H54O6Si. The summed E-state index contributed by atoms with van der Waals surface area (Å²) in [5.74, 6) is -0.249. The third-order valence-corrected chi connectivity index (χ3v) is 10.5. The summed E-state index contributed by atoms with van der Waals surface area (Å²) < 4.78 is 16.2. The van der Waals surface area contributed by atoms with Crippen molar-refractivity contribution >= 4 is 20.3 Å². The second-order valence-electron chi connectivity index (χ2n) is 10.1. The van der Waals surface area contributed by atoms with Crippen LogP contribution in [0.2, 0.25) is 18.1 Å². The van der Waals surface area contributed by atoms with Gasteiger partial charge in [-0.1, -0.05) is 47.5 Å². The van der Waals surface area contributed by atoms with Crippen LogP contribution in [-0.4, -0.2) is 50.8 Å². The van der Waals surface area contributed by atoms with Crippen molar-refractivity contribution in [2.24, 2.45) is 0 Å². The first-order valence-corrected chi connectivity index (χ1v) is 15.9. The zero-order valence-electron chi connectivity index (χ0n) is 23.1. The van der Waals surface area contributed by atoms with Crippen LogP contribution in [0.4, 0.5) is 0 Å². The highest BCUT2D eigenvalue weighted by molar-refractivity contribution is 6.74. The summed E-state index contributed by atoms with van der Waals surface area (Å²) in [4.78, 5) is 22.3. The fourth-order valence-corrected chi connectivity index (χ4v) is 4.50. The van der Waals surface area contributed by atoms with Crippen molar-refractivity contribution in [2.75, 3.05) is 13.2 Å². The van der Waals surface area contributed by atoms with Gasteiger partial charge in [0, 0.05) is 18.9 Å². The summed E-state index contributed by atoms with van der Waals surface area (Å²) in [7, 11) is -1.71. The maximum absolute atomic E-state index is 11.4. The van der Waals surface area contributed by atoms with Gasteiger partial charge in [-0.15, -0.1) is 0 Å². The number of esters is 2. The van der Waals surface area contributed by atoms with Gasteiger partial charge in [0.25, 0.3) is 0 Å². The van der Waals surface area contributed by atoms with E-state index in [-0.39, 0.29) is 29.2 Å². The molecule has 33 heavy (non-hydrogen) atoms. The SMILES string of the molecule is CCC[C@@H](CCCC(=O)OCC)O[Si](C)(C)C(C)(C)C.CCC[C@H](O)CCCC(=O)OCC. The lowest BCUT2D eigenvalue weighted by atomic mass is 10.1. The van der Waals surface area contributed by atoms with Crippen molar-refractivity contribution in [3.63, 3.8) is 0 Å². The molecule has 0 aliphatic rings. The van der Waals surface area contributed by atoms with Crippen molar-refractivity contribution < 1.29 is 28.6 Å². The Morgan fingerprint density at radius 2 is 1.24 bits per heavy atom. The van der Waals surface area contributed by atoms with Crippen LogP contribution in [0.25, 0.3) is 0 Å². The van der Waals surface area contributed by atoms with Crippen molar-refractivity contribution in [1.82, 2.24) is 0 Å². The second kappa shape index (κ2) is 19.4. The summed E-state index contributed by atoms with van der Waals surface area (Å²) in [6, 6.07) is 0. The number of carbonyl (C=O) groups is 2. The normalized spacial score (nSPS) is 13.5. The van der Waals surface area contributed by atoms with E-state index in [2.05, 4.69) is 40.8 Å². The quantitative estimate of drug-likeness (QED) is 0.189. The topological polar surface area (TPSA) is 82.1 Å². The average Bonchev–Trinajstić information content (AvgIpc) is 2.68. The minimum absolute atomic E-state index is 0.0879. The molecule has 0 bridgehead atoms. The molecule has 0 aromatic carbocycles. The minimum atomic E-state index is -1.71. The maximum atomic E-state index is 11.4. The lowest BCUT2D eigenvalue weighted by Crippen LogP contribution is -2.44. The van der Waals surface area contributed by atoms with Gasteiger partial charge in [-0.25, -0.2) is 0 Å². The molecule has 0 unspecified atom stereocenters. The van der Waals surface area contributed by atoms with Crippen molar-refractivity contribution in [3.8, 4) is 0 Å². The predicted octanol–water partition coefficient (Wildman–Crippen LogP) is 6.79. The number of ether oxygens (including phenoxy) is 2. The first-order chi connectivity index (χ1) is 15.3. The zero-order chi connectivity index (χ0) is 25.9. The molecule has 0 aliphatic heterocycles.